The Morgan fingerprint density at radius 1 is 1.47 bits per heavy atom. The number of rotatable bonds is 3. The fraction of sp³-hybridized carbons (Fsp3) is 0.250. The molecule has 0 aliphatic rings. The van der Waals surface area contributed by atoms with Gasteiger partial charge in [-0.15, -0.1) is 0 Å². The van der Waals surface area contributed by atoms with E-state index >= 15 is 0 Å². The summed E-state index contributed by atoms with van der Waals surface area (Å²) in [5, 5.41) is 7.66. The van der Waals surface area contributed by atoms with Crippen molar-refractivity contribution in [1.29, 1.82) is 5.41 Å². The number of hydrogen-bond acceptors (Lipinski definition) is 3. The summed E-state index contributed by atoms with van der Waals surface area (Å²) < 4.78 is 5.24. The van der Waals surface area contributed by atoms with Gasteiger partial charge in [0.2, 0.25) is 0 Å². The molecule has 3 N–H and O–H groups in total. The van der Waals surface area contributed by atoms with Crippen molar-refractivity contribution in [2.24, 2.45) is 0 Å². The summed E-state index contributed by atoms with van der Waals surface area (Å²) >= 11 is 0. The molecular weight excluding hydrogens is 188 g/mol. The van der Waals surface area contributed by atoms with Crippen LogP contribution in [0.2, 0.25) is 0 Å². The molecule has 15 heavy (non-hydrogen) atoms. The largest absolute Gasteiger partial charge is 0.496 e. The lowest BCUT2D eigenvalue weighted by atomic mass is 10.0. The van der Waals surface area contributed by atoms with Crippen LogP contribution in [0.1, 0.15) is 19.4 Å². The molecule has 0 heterocycles. The first-order valence-electron chi connectivity index (χ1n) is 4.76. The van der Waals surface area contributed by atoms with E-state index in [-0.39, 0.29) is 0 Å². The van der Waals surface area contributed by atoms with Gasteiger partial charge in [-0.1, -0.05) is 6.08 Å². The van der Waals surface area contributed by atoms with Crippen LogP contribution in [-0.2, 0) is 0 Å². The van der Waals surface area contributed by atoms with E-state index in [1.165, 1.54) is 0 Å². The van der Waals surface area contributed by atoms with Crippen LogP contribution in [0, 0.1) is 5.41 Å². The number of methoxy groups -OCH3 is 1. The number of allylic oxidation sites excluding steroid dienone is 2. The van der Waals surface area contributed by atoms with Gasteiger partial charge in [0.25, 0.3) is 0 Å². The summed E-state index contributed by atoms with van der Waals surface area (Å²) in [7, 11) is 1.60. The molecule has 0 saturated heterocycles. The zero-order chi connectivity index (χ0) is 11.4. The Bertz CT molecular complexity index is 408. The molecule has 0 aliphatic carbocycles. The van der Waals surface area contributed by atoms with E-state index in [0.717, 1.165) is 11.1 Å². The average molecular weight is 204 g/mol. The third-order valence-electron chi connectivity index (χ3n) is 2.21. The molecule has 0 amide bonds. The number of nitrogens with one attached hydrogen (secondary N) is 1. The minimum absolute atomic E-state index is 0.514. The molecule has 0 unspecified atom stereocenters. The van der Waals surface area contributed by atoms with Crippen molar-refractivity contribution >= 4 is 17.0 Å². The second-order valence-electron chi connectivity index (χ2n) is 3.29. The highest BCUT2D eigenvalue weighted by atomic mass is 16.5. The van der Waals surface area contributed by atoms with Crippen molar-refractivity contribution < 1.29 is 4.74 Å². The van der Waals surface area contributed by atoms with Crippen LogP contribution < -0.4 is 10.5 Å². The molecule has 80 valence electrons. The van der Waals surface area contributed by atoms with E-state index in [4.69, 9.17) is 15.9 Å². The van der Waals surface area contributed by atoms with Gasteiger partial charge < -0.3 is 15.9 Å². The van der Waals surface area contributed by atoms with E-state index in [1.807, 2.05) is 25.1 Å². The molecule has 1 aromatic carbocycles. The molecule has 0 radical (unpaired) electrons. The first kappa shape index (κ1) is 11.3. The lowest BCUT2D eigenvalue weighted by Gasteiger charge is -2.11. The van der Waals surface area contributed by atoms with Crippen LogP contribution in [0.3, 0.4) is 0 Å². The second kappa shape index (κ2) is 4.64. The van der Waals surface area contributed by atoms with Crippen LogP contribution in [0.15, 0.2) is 24.3 Å². The molecule has 3 heteroatoms. The second-order valence-corrected chi connectivity index (χ2v) is 3.29. The van der Waals surface area contributed by atoms with Crippen molar-refractivity contribution in [3.05, 3.63) is 29.8 Å². The van der Waals surface area contributed by atoms with Crippen LogP contribution in [-0.4, -0.2) is 12.8 Å². The fourth-order valence-electron chi connectivity index (χ4n) is 1.50. The molecule has 0 saturated carbocycles. The highest BCUT2D eigenvalue weighted by molar-refractivity contribution is 6.21. The van der Waals surface area contributed by atoms with Crippen LogP contribution in [0.4, 0.5) is 5.69 Å². The molecule has 3 nitrogen and oxygen atoms in total. The van der Waals surface area contributed by atoms with Crippen LogP contribution in [0.25, 0.3) is 5.57 Å². The summed E-state index contributed by atoms with van der Waals surface area (Å²) in [6.45, 7) is 3.66. The highest BCUT2D eigenvalue weighted by Gasteiger charge is 2.09. The third-order valence-corrected chi connectivity index (χ3v) is 2.21. The van der Waals surface area contributed by atoms with Crippen molar-refractivity contribution in [3.63, 3.8) is 0 Å². The van der Waals surface area contributed by atoms with Crippen molar-refractivity contribution in [1.82, 2.24) is 0 Å². The summed E-state index contributed by atoms with van der Waals surface area (Å²) in [5.74, 6) is 0.703. The highest BCUT2D eigenvalue weighted by Crippen LogP contribution is 2.28. The Labute approximate surface area is 90.1 Å². The molecule has 0 fully saturated rings. The summed E-state index contributed by atoms with van der Waals surface area (Å²) in [4.78, 5) is 0. The Morgan fingerprint density at radius 2 is 2.13 bits per heavy atom. The maximum absolute atomic E-state index is 7.66. The van der Waals surface area contributed by atoms with Crippen molar-refractivity contribution in [3.8, 4) is 5.75 Å². The number of benzene rings is 1. The molecule has 1 rings (SSSR count). The number of nitrogen functional groups attached to an aromatic ring is 1. The predicted molar refractivity (Wildman–Crippen MR) is 64.5 cm³/mol. The Morgan fingerprint density at radius 3 is 2.60 bits per heavy atom. The van der Waals surface area contributed by atoms with E-state index in [9.17, 15) is 0 Å². The van der Waals surface area contributed by atoms with Gasteiger partial charge in [-0.05, 0) is 26.0 Å². The van der Waals surface area contributed by atoms with Crippen molar-refractivity contribution in [2.75, 3.05) is 12.8 Å². The predicted octanol–water partition coefficient (Wildman–Crippen LogP) is 2.72. The van der Waals surface area contributed by atoms with Gasteiger partial charge in [-0.3, -0.25) is 0 Å². The topological polar surface area (TPSA) is 59.1 Å². The number of anilines is 1. The summed E-state index contributed by atoms with van der Waals surface area (Å²) in [5.41, 5.74) is 8.61. The van der Waals surface area contributed by atoms with Gasteiger partial charge in [0.05, 0.1) is 7.11 Å². The smallest absolute Gasteiger partial charge is 0.128 e. The average Bonchev–Trinajstić information content (AvgIpc) is 2.20. The van der Waals surface area contributed by atoms with E-state index < -0.39 is 0 Å². The Hall–Kier alpha value is -1.77. The number of nitrogens with two attached hydrogens (primary N) is 1. The molecule has 1 aromatic rings. The minimum Gasteiger partial charge on any atom is -0.496 e. The maximum Gasteiger partial charge on any atom is 0.128 e. The molecule has 0 bridgehead atoms. The van der Waals surface area contributed by atoms with Crippen LogP contribution >= 0.6 is 0 Å². The Balaban J connectivity index is 3.30. The molecule has 0 spiro atoms. The monoisotopic (exact) mass is 204 g/mol. The van der Waals surface area contributed by atoms with Gasteiger partial charge in [0.1, 0.15) is 5.75 Å². The van der Waals surface area contributed by atoms with E-state index in [2.05, 4.69) is 0 Å². The standard InChI is InChI=1S/C12H16N2O/c1-4-10(8(2)13)11-6-5-9(14)7-12(11)15-3/h4-7,13H,14H2,1-3H3. The van der Waals surface area contributed by atoms with Crippen LogP contribution in [0.5, 0.6) is 5.75 Å². The van der Waals surface area contributed by atoms with Gasteiger partial charge in [-0.2, -0.15) is 0 Å². The lowest BCUT2D eigenvalue weighted by Crippen LogP contribution is -1.99. The molecular formula is C12H16N2O. The van der Waals surface area contributed by atoms with E-state index in [1.54, 1.807) is 20.1 Å². The van der Waals surface area contributed by atoms with Gasteiger partial charge in [0, 0.05) is 28.6 Å². The quantitative estimate of drug-likeness (QED) is 0.587. The number of ether oxygens (including phenoxy) is 1. The summed E-state index contributed by atoms with van der Waals surface area (Å²) in [6, 6.07) is 5.45. The van der Waals surface area contributed by atoms with Crippen molar-refractivity contribution in [2.45, 2.75) is 13.8 Å². The SMILES string of the molecule is CC=C(C(C)=N)c1ccc(N)cc1OC. The van der Waals surface area contributed by atoms with E-state index in [0.29, 0.717) is 17.1 Å². The summed E-state index contributed by atoms with van der Waals surface area (Å²) in [6.07, 6.45) is 1.90. The van der Waals surface area contributed by atoms with Gasteiger partial charge >= 0.3 is 0 Å². The Kier molecular flexibility index (Phi) is 3.50. The fourth-order valence-corrected chi connectivity index (χ4v) is 1.50. The van der Waals surface area contributed by atoms with Gasteiger partial charge in [0.15, 0.2) is 0 Å². The first-order chi connectivity index (χ1) is 7.10. The minimum atomic E-state index is 0.514. The zero-order valence-corrected chi connectivity index (χ0v) is 9.29. The number of hydrogen-bond donors (Lipinski definition) is 2. The normalized spacial score (nSPS) is 11.3. The first-order valence-corrected chi connectivity index (χ1v) is 4.76. The maximum atomic E-state index is 7.66. The molecule has 0 aliphatic heterocycles. The van der Waals surface area contributed by atoms with Gasteiger partial charge in [-0.25, -0.2) is 0 Å². The zero-order valence-electron chi connectivity index (χ0n) is 9.29. The third kappa shape index (κ3) is 2.37. The lowest BCUT2D eigenvalue weighted by molar-refractivity contribution is 0.414. The molecule has 0 atom stereocenters. The molecule has 0 aromatic heterocycles.